The van der Waals surface area contributed by atoms with Gasteiger partial charge >= 0.3 is 5.97 Å². The molecule has 3 heteroatoms. The zero-order valence-electron chi connectivity index (χ0n) is 21.6. The Labute approximate surface area is 204 Å². The van der Waals surface area contributed by atoms with Crippen LogP contribution in [0, 0.1) is 35.5 Å². The normalized spacial score (nSPS) is 22.2. The zero-order chi connectivity index (χ0) is 23.6. The van der Waals surface area contributed by atoms with Crippen LogP contribution < -0.4 is 0 Å². The summed E-state index contributed by atoms with van der Waals surface area (Å²) in [6.07, 6.45) is 24.1. The maximum absolute atomic E-state index is 12.8. The highest BCUT2D eigenvalue weighted by Crippen LogP contribution is 2.35. The van der Waals surface area contributed by atoms with Crippen molar-refractivity contribution in [1.29, 1.82) is 0 Å². The highest BCUT2D eigenvalue weighted by atomic mass is 16.6. The molecular formula is C30H50O3. The number of carbonyl (C=O) groups is 1. The van der Waals surface area contributed by atoms with Crippen LogP contribution in [-0.4, -0.2) is 25.8 Å². The topological polar surface area (TPSA) is 35.5 Å². The molecule has 0 aromatic heterocycles. The van der Waals surface area contributed by atoms with E-state index in [-0.39, 0.29) is 11.9 Å². The maximum Gasteiger partial charge on any atom is 0.309 e. The van der Waals surface area contributed by atoms with Gasteiger partial charge in [-0.15, -0.1) is 5.92 Å². The number of hydrogen-bond acceptors (Lipinski definition) is 3. The molecule has 3 atom stereocenters. The SMILES string of the molecule is CCCCCCC#C[C@H]1CCC[C@@H]1CC=CCCC(C(=O)OCCOCC)C1CCCCC1. The largest absolute Gasteiger partial charge is 0.463 e. The Hall–Kier alpha value is -1.27. The fraction of sp³-hybridized carbons (Fsp3) is 0.833. The van der Waals surface area contributed by atoms with Crippen LogP contribution in [0.25, 0.3) is 0 Å². The fourth-order valence-corrected chi connectivity index (χ4v) is 5.55. The average molecular weight is 459 g/mol. The van der Waals surface area contributed by atoms with Gasteiger partial charge < -0.3 is 9.47 Å². The van der Waals surface area contributed by atoms with Crippen LogP contribution in [-0.2, 0) is 14.3 Å². The predicted molar refractivity (Wildman–Crippen MR) is 138 cm³/mol. The van der Waals surface area contributed by atoms with Crippen molar-refractivity contribution in [3.63, 3.8) is 0 Å². The second kappa shape index (κ2) is 18.1. The van der Waals surface area contributed by atoms with E-state index < -0.39 is 0 Å². The summed E-state index contributed by atoms with van der Waals surface area (Å²) in [5.74, 6) is 8.94. The molecule has 0 saturated heterocycles. The van der Waals surface area contributed by atoms with E-state index >= 15 is 0 Å². The van der Waals surface area contributed by atoms with Crippen LogP contribution in [0.1, 0.15) is 117 Å². The summed E-state index contributed by atoms with van der Waals surface area (Å²) in [6.45, 7) is 5.78. The minimum atomic E-state index is 0.0000658. The molecule has 2 aliphatic rings. The molecule has 188 valence electrons. The number of hydrogen-bond donors (Lipinski definition) is 0. The fourth-order valence-electron chi connectivity index (χ4n) is 5.55. The Morgan fingerprint density at radius 1 is 0.970 bits per heavy atom. The van der Waals surface area contributed by atoms with E-state index in [0.29, 0.717) is 31.7 Å². The molecule has 2 aliphatic carbocycles. The molecule has 0 aromatic rings. The van der Waals surface area contributed by atoms with E-state index in [0.717, 1.165) is 31.6 Å². The van der Waals surface area contributed by atoms with E-state index in [1.165, 1.54) is 77.0 Å². The molecule has 2 rings (SSSR count). The van der Waals surface area contributed by atoms with Gasteiger partial charge in [-0.3, -0.25) is 4.79 Å². The Morgan fingerprint density at radius 2 is 1.82 bits per heavy atom. The van der Waals surface area contributed by atoms with Crippen molar-refractivity contribution in [2.75, 3.05) is 19.8 Å². The molecule has 3 nitrogen and oxygen atoms in total. The summed E-state index contributed by atoms with van der Waals surface area (Å²) in [6, 6.07) is 0. The summed E-state index contributed by atoms with van der Waals surface area (Å²) in [4.78, 5) is 12.8. The first kappa shape index (κ1) is 28.0. The first-order valence-corrected chi connectivity index (χ1v) is 14.1. The van der Waals surface area contributed by atoms with Gasteiger partial charge in [-0.25, -0.2) is 0 Å². The number of ether oxygens (including phenoxy) is 2. The molecule has 0 bridgehead atoms. The number of rotatable bonds is 15. The number of allylic oxidation sites excluding steroid dienone is 2. The molecule has 1 unspecified atom stereocenters. The third-order valence-corrected chi connectivity index (χ3v) is 7.55. The van der Waals surface area contributed by atoms with Crippen LogP contribution >= 0.6 is 0 Å². The zero-order valence-corrected chi connectivity index (χ0v) is 21.6. The van der Waals surface area contributed by atoms with E-state index in [1.807, 2.05) is 6.92 Å². The average Bonchev–Trinajstić information content (AvgIpc) is 3.29. The molecule has 0 aliphatic heterocycles. The van der Waals surface area contributed by atoms with Crippen LogP contribution in [0.2, 0.25) is 0 Å². The lowest BCUT2D eigenvalue weighted by atomic mass is 9.78. The van der Waals surface area contributed by atoms with Crippen LogP contribution in [0.5, 0.6) is 0 Å². The molecule has 0 radical (unpaired) electrons. The van der Waals surface area contributed by atoms with E-state index in [9.17, 15) is 4.79 Å². The van der Waals surface area contributed by atoms with Gasteiger partial charge in [0.25, 0.3) is 0 Å². The number of esters is 1. The van der Waals surface area contributed by atoms with Crippen LogP contribution in [0.3, 0.4) is 0 Å². The van der Waals surface area contributed by atoms with Crippen molar-refractivity contribution in [3.05, 3.63) is 12.2 Å². The minimum absolute atomic E-state index is 0.0000658. The molecule has 0 amide bonds. The molecule has 33 heavy (non-hydrogen) atoms. The van der Waals surface area contributed by atoms with E-state index in [2.05, 4.69) is 30.9 Å². The standard InChI is InChI=1S/C30H50O3/c1-3-5-6-7-8-11-17-26-21-16-22-27(26)18-12-10-15-23-29(28-19-13-9-14-20-28)30(31)33-25-24-32-4-2/h10,12,26-29H,3-9,13-16,18-25H2,1-2H3/t26-,27-,29?/m0/s1. The Morgan fingerprint density at radius 3 is 2.61 bits per heavy atom. The monoisotopic (exact) mass is 458 g/mol. The first-order valence-electron chi connectivity index (χ1n) is 14.1. The van der Waals surface area contributed by atoms with Gasteiger partial charge in [-0.05, 0) is 70.1 Å². The maximum atomic E-state index is 12.8. The number of unbranched alkanes of at least 4 members (excludes halogenated alkanes) is 4. The second-order valence-corrected chi connectivity index (χ2v) is 10.1. The van der Waals surface area contributed by atoms with Crippen molar-refractivity contribution in [2.24, 2.45) is 23.7 Å². The van der Waals surface area contributed by atoms with Crippen molar-refractivity contribution in [1.82, 2.24) is 0 Å². The van der Waals surface area contributed by atoms with Crippen molar-refractivity contribution < 1.29 is 14.3 Å². The summed E-state index contributed by atoms with van der Waals surface area (Å²) < 4.78 is 10.9. The third kappa shape index (κ3) is 11.6. The van der Waals surface area contributed by atoms with Gasteiger partial charge in [0.2, 0.25) is 0 Å². The smallest absolute Gasteiger partial charge is 0.309 e. The molecule has 2 fully saturated rings. The summed E-state index contributed by atoms with van der Waals surface area (Å²) in [5, 5.41) is 0. The predicted octanol–water partition coefficient (Wildman–Crippen LogP) is 7.88. The van der Waals surface area contributed by atoms with Gasteiger partial charge in [0, 0.05) is 18.9 Å². The third-order valence-electron chi connectivity index (χ3n) is 7.55. The Balaban J connectivity index is 1.74. The molecular weight excluding hydrogens is 408 g/mol. The van der Waals surface area contributed by atoms with Gasteiger partial charge in [0.1, 0.15) is 6.61 Å². The minimum Gasteiger partial charge on any atom is -0.463 e. The quantitative estimate of drug-likeness (QED) is 0.108. The molecule has 0 spiro atoms. The lowest BCUT2D eigenvalue weighted by Crippen LogP contribution is -2.28. The first-order chi connectivity index (χ1) is 16.3. The number of carbonyl (C=O) groups excluding carboxylic acids is 1. The summed E-state index contributed by atoms with van der Waals surface area (Å²) in [5.41, 5.74) is 0. The van der Waals surface area contributed by atoms with Crippen LogP contribution in [0.15, 0.2) is 12.2 Å². The second-order valence-electron chi connectivity index (χ2n) is 10.1. The Bertz CT molecular complexity index is 593. The van der Waals surface area contributed by atoms with Gasteiger partial charge in [-0.2, -0.15) is 0 Å². The van der Waals surface area contributed by atoms with Gasteiger partial charge in [0.15, 0.2) is 0 Å². The van der Waals surface area contributed by atoms with E-state index in [1.54, 1.807) is 0 Å². The molecule has 0 N–H and O–H groups in total. The molecule has 2 saturated carbocycles. The van der Waals surface area contributed by atoms with Crippen molar-refractivity contribution in [2.45, 2.75) is 117 Å². The highest BCUT2D eigenvalue weighted by Gasteiger charge is 2.30. The lowest BCUT2D eigenvalue weighted by molar-refractivity contribution is -0.152. The van der Waals surface area contributed by atoms with Crippen LogP contribution in [0.4, 0.5) is 0 Å². The lowest BCUT2D eigenvalue weighted by Gasteiger charge is -2.28. The van der Waals surface area contributed by atoms with Crippen molar-refractivity contribution >= 4 is 5.97 Å². The van der Waals surface area contributed by atoms with Crippen molar-refractivity contribution in [3.8, 4) is 11.8 Å². The summed E-state index contributed by atoms with van der Waals surface area (Å²) >= 11 is 0. The molecule has 0 heterocycles. The molecule has 0 aromatic carbocycles. The highest BCUT2D eigenvalue weighted by molar-refractivity contribution is 5.72. The Kier molecular flexibility index (Phi) is 15.3. The van der Waals surface area contributed by atoms with E-state index in [4.69, 9.17) is 9.47 Å². The van der Waals surface area contributed by atoms with Gasteiger partial charge in [0.05, 0.1) is 12.5 Å². The summed E-state index contributed by atoms with van der Waals surface area (Å²) in [7, 11) is 0. The van der Waals surface area contributed by atoms with Gasteiger partial charge in [-0.1, -0.05) is 69.9 Å².